The number of thiocarbonyl (C=S) groups is 1. The molecule has 0 aliphatic carbocycles. The summed E-state index contributed by atoms with van der Waals surface area (Å²) in [7, 11) is 1.59. The number of ether oxygens (including phenoxy) is 4. The summed E-state index contributed by atoms with van der Waals surface area (Å²) in [5.41, 5.74) is 1.48. The average molecular weight is 415 g/mol. The minimum absolute atomic E-state index is 0.177. The first kappa shape index (κ1) is 18.6. The molecule has 2 aliphatic heterocycles. The van der Waals surface area contributed by atoms with Gasteiger partial charge in [0, 0.05) is 6.07 Å². The van der Waals surface area contributed by atoms with Crippen molar-refractivity contribution in [2.45, 2.75) is 6.92 Å². The Hall–Kier alpha value is -2.71. The number of rotatable bonds is 5. The molecule has 6 nitrogen and oxygen atoms in total. The summed E-state index contributed by atoms with van der Waals surface area (Å²) in [5, 5.41) is 0. The van der Waals surface area contributed by atoms with Gasteiger partial charge in [0.05, 0.1) is 24.3 Å². The molecular weight excluding hydrogens is 398 g/mol. The molecule has 2 aromatic rings. The predicted molar refractivity (Wildman–Crippen MR) is 112 cm³/mol. The van der Waals surface area contributed by atoms with Crippen LogP contribution in [0.2, 0.25) is 0 Å². The number of nitrogens with zero attached hydrogens (tertiary/aromatic N) is 1. The summed E-state index contributed by atoms with van der Waals surface area (Å²) in [5.74, 6) is 2.36. The molecule has 0 saturated carbocycles. The molecule has 2 aromatic carbocycles. The van der Waals surface area contributed by atoms with Gasteiger partial charge in [-0.05, 0) is 42.8 Å². The van der Waals surface area contributed by atoms with E-state index in [0.29, 0.717) is 44.5 Å². The number of hydrogen-bond donors (Lipinski definition) is 0. The second-order valence-electron chi connectivity index (χ2n) is 5.90. The van der Waals surface area contributed by atoms with Gasteiger partial charge < -0.3 is 18.9 Å². The van der Waals surface area contributed by atoms with Crippen LogP contribution >= 0.6 is 24.0 Å². The molecule has 144 valence electrons. The Morgan fingerprint density at radius 3 is 2.79 bits per heavy atom. The molecule has 4 rings (SSSR count). The van der Waals surface area contributed by atoms with E-state index in [1.165, 1.54) is 16.7 Å². The van der Waals surface area contributed by atoms with Gasteiger partial charge in [0.25, 0.3) is 5.91 Å². The molecule has 0 N–H and O–H groups in total. The number of hydrogen-bond acceptors (Lipinski definition) is 7. The number of amides is 1. The minimum Gasteiger partial charge on any atom is -0.493 e. The molecule has 0 radical (unpaired) electrons. The first-order chi connectivity index (χ1) is 13.6. The number of benzene rings is 2. The Labute approximate surface area is 172 Å². The highest BCUT2D eigenvalue weighted by atomic mass is 32.2. The number of anilines is 1. The van der Waals surface area contributed by atoms with Crippen LogP contribution < -0.4 is 23.8 Å². The fraction of sp³-hybridized carbons (Fsp3) is 0.200. The van der Waals surface area contributed by atoms with Gasteiger partial charge >= 0.3 is 0 Å². The van der Waals surface area contributed by atoms with E-state index in [1.807, 2.05) is 25.1 Å². The van der Waals surface area contributed by atoms with Gasteiger partial charge in [0.1, 0.15) is 0 Å². The molecule has 8 heteroatoms. The van der Waals surface area contributed by atoms with Crippen molar-refractivity contribution < 1.29 is 23.7 Å². The molecule has 0 bridgehead atoms. The fourth-order valence-electron chi connectivity index (χ4n) is 2.92. The van der Waals surface area contributed by atoms with Crippen LogP contribution in [-0.4, -0.2) is 30.7 Å². The number of carbonyl (C=O) groups excluding carboxylic acids is 1. The van der Waals surface area contributed by atoms with Crippen molar-refractivity contribution in [3.8, 4) is 23.0 Å². The predicted octanol–water partition coefficient (Wildman–Crippen LogP) is 4.23. The van der Waals surface area contributed by atoms with Crippen molar-refractivity contribution in [1.82, 2.24) is 0 Å². The zero-order valence-corrected chi connectivity index (χ0v) is 16.9. The smallest absolute Gasteiger partial charge is 0.270 e. The average Bonchev–Trinajstić information content (AvgIpc) is 3.26. The minimum atomic E-state index is -0.178. The Bertz CT molecular complexity index is 989. The van der Waals surface area contributed by atoms with Gasteiger partial charge in [0.15, 0.2) is 27.3 Å². The third-order valence-corrected chi connectivity index (χ3v) is 5.50. The summed E-state index contributed by atoms with van der Waals surface area (Å²) in [6, 6.07) is 10.9. The molecule has 1 amide bonds. The maximum atomic E-state index is 13.0. The Morgan fingerprint density at radius 1 is 1.18 bits per heavy atom. The van der Waals surface area contributed by atoms with E-state index in [9.17, 15) is 4.79 Å². The van der Waals surface area contributed by atoms with Crippen molar-refractivity contribution in [3.63, 3.8) is 0 Å². The third-order valence-electron chi connectivity index (χ3n) is 4.19. The zero-order valence-electron chi connectivity index (χ0n) is 15.3. The van der Waals surface area contributed by atoms with Crippen LogP contribution in [0.15, 0.2) is 41.3 Å². The third kappa shape index (κ3) is 3.41. The lowest BCUT2D eigenvalue weighted by Crippen LogP contribution is -2.27. The van der Waals surface area contributed by atoms with Crippen LogP contribution in [0.25, 0.3) is 6.08 Å². The largest absolute Gasteiger partial charge is 0.493 e. The maximum absolute atomic E-state index is 13.0. The molecule has 28 heavy (non-hydrogen) atoms. The van der Waals surface area contributed by atoms with Crippen LogP contribution in [0, 0.1) is 0 Å². The Balaban J connectivity index is 1.63. The van der Waals surface area contributed by atoms with E-state index < -0.39 is 0 Å². The van der Waals surface area contributed by atoms with E-state index in [0.717, 1.165) is 5.56 Å². The van der Waals surface area contributed by atoms with E-state index >= 15 is 0 Å². The molecule has 0 atom stereocenters. The molecule has 0 unspecified atom stereocenters. The van der Waals surface area contributed by atoms with Crippen molar-refractivity contribution in [1.29, 1.82) is 0 Å². The van der Waals surface area contributed by atoms with Crippen LogP contribution in [0.1, 0.15) is 12.5 Å². The summed E-state index contributed by atoms with van der Waals surface area (Å²) < 4.78 is 22.1. The van der Waals surface area contributed by atoms with E-state index in [4.69, 9.17) is 31.2 Å². The van der Waals surface area contributed by atoms with E-state index in [2.05, 4.69) is 0 Å². The SMILES string of the molecule is CCOc1cc(/C=C2/SC(=S)N(c3ccc4c(c3)OCO4)C2=O)ccc1OC. The lowest BCUT2D eigenvalue weighted by atomic mass is 10.1. The molecule has 1 saturated heterocycles. The van der Waals surface area contributed by atoms with Gasteiger partial charge in [-0.25, -0.2) is 0 Å². The lowest BCUT2D eigenvalue weighted by Gasteiger charge is -2.14. The first-order valence-corrected chi connectivity index (χ1v) is 9.81. The highest BCUT2D eigenvalue weighted by Gasteiger charge is 2.34. The fourth-order valence-corrected chi connectivity index (χ4v) is 4.22. The van der Waals surface area contributed by atoms with Crippen molar-refractivity contribution in [2.75, 3.05) is 25.4 Å². The van der Waals surface area contributed by atoms with Crippen molar-refractivity contribution >= 4 is 46.0 Å². The van der Waals surface area contributed by atoms with Gasteiger partial charge in [0.2, 0.25) is 6.79 Å². The quantitative estimate of drug-likeness (QED) is 0.535. The highest BCUT2D eigenvalue weighted by molar-refractivity contribution is 8.27. The Morgan fingerprint density at radius 2 is 2.00 bits per heavy atom. The van der Waals surface area contributed by atoms with Crippen LogP contribution in [0.5, 0.6) is 23.0 Å². The number of carbonyl (C=O) groups is 1. The lowest BCUT2D eigenvalue weighted by molar-refractivity contribution is -0.113. The van der Waals surface area contributed by atoms with Gasteiger partial charge in [-0.15, -0.1) is 0 Å². The van der Waals surface area contributed by atoms with Crippen LogP contribution in [0.4, 0.5) is 5.69 Å². The maximum Gasteiger partial charge on any atom is 0.270 e. The molecule has 0 aromatic heterocycles. The molecule has 2 aliphatic rings. The van der Waals surface area contributed by atoms with E-state index in [-0.39, 0.29) is 12.7 Å². The molecular formula is C20H17NO5S2. The van der Waals surface area contributed by atoms with Crippen molar-refractivity contribution in [3.05, 3.63) is 46.9 Å². The zero-order chi connectivity index (χ0) is 19.7. The summed E-state index contributed by atoms with van der Waals surface area (Å²) in [6.07, 6.45) is 1.80. The topological polar surface area (TPSA) is 57.2 Å². The van der Waals surface area contributed by atoms with Gasteiger partial charge in [-0.2, -0.15) is 0 Å². The number of thioether (sulfide) groups is 1. The first-order valence-electron chi connectivity index (χ1n) is 8.59. The molecule has 0 spiro atoms. The van der Waals surface area contributed by atoms with E-state index in [1.54, 1.807) is 31.4 Å². The summed E-state index contributed by atoms with van der Waals surface area (Å²) in [6.45, 7) is 2.60. The highest BCUT2D eigenvalue weighted by Crippen LogP contribution is 2.41. The second-order valence-corrected chi connectivity index (χ2v) is 7.57. The molecule has 2 heterocycles. The van der Waals surface area contributed by atoms with Crippen LogP contribution in [0.3, 0.4) is 0 Å². The van der Waals surface area contributed by atoms with Crippen molar-refractivity contribution in [2.24, 2.45) is 0 Å². The Kier molecular flexibility index (Phi) is 5.15. The normalized spacial score (nSPS) is 16.8. The summed E-state index contributed by atoms with van der Waals surface area (Å²) >= 11 is 6.70. The monoisotopic (exact) mass is 415 g/mol. The van der Waals surface area contributed by atoms with Gasteiger partial charge in [-0.3, -0.25) is 9.69 Å². The standard InChI is InChI=1S/C20H17NO5S2/c1-3-24-16-8-12(4-6-14(16)23-2)9-18-19(22)21(20(27)28-18)13-5-7-15-17(10-13)26-11-25-15/h4-10H,3,11H2,1-2H3/b18-9+. The molecule has 1 fully saturated rings. The number of fused-ring (bicyclic) bond motifs is 1. The summed E-state index contributed by atoms with van der Waals surface area (Å²) in [4.78, 5) is 15.0. The number of methoxy groups -OCH3 is 1. The second kappa shape index (κ2) is 7.73. The van der Waals surface area contributed by atoms with Crippen LogP contribution in [-0.2, 0) is 4.79 Å². The van der Waals surface area contributed by atoms with Gasteiger partial charge in [-0.1, -0.05) is 30.0 Å².